The zero-order valence-electron chi connectivity index (χ0n) is 6.14. The van der Waals surface area contributed by atoms with Crippen molar-refractivity contribution in [3.05, 3.63) is 22.4 Å². The molecule has 0 aliphatic heterocycles. The molecule has 0 aliphatic carbocycles. The van der Waals surface area contributed by atoms with Gasteiger partial charge >= 0.3 is 6.18 Å². The minimum absolute atomic E-state index is 0.132. The van der Waals surface area contributed by atoms with Gasteiger partial charge in [-0.25, -0.2) is 0 Å². The second kappa shape index (κ2) is 3.45. The molecule has 1 heterocycles. The lowest BCUT2D eigenvalue weighted by Gasteiger charge is -2.14. The number of halogens is 3. The molecule has 0 aromatic carbocycles. The third-order valence-electron chi connectivity index (χ3n) is 1.46. The summed E-state index contributed by atoms with van der Waals surface area (Å²) < 4.78 is 35.8. The van der Waals surface area contributed by atoms with E-state index in [0.717, 1.165) is 0 Å². The predicted octanol–water partition coefficient (Wildman–Crippen LogP) is 2.18. The van der Waals surface area contributed by atoms with Gasteiger partial charge in [0.25, 0.3) is 0 Å². The average molecular weight is 195 g/mol. The van der Waals surface area contributed by atoms with Crippen LogP contribution in [0.15, 0.2) is 16.8 Å². The number of rotatable bonds is 2. The van der Waals surface area contributed by atoms with Crippen molar-refractivity contribution in [2.45, 2.75) is 18.6 Å². The fraction of sp³-hybridized carbons (Fsp3) is 0.429. The molecule has 0 aliphatic rings. The Morgan fingerprint density at radius 3 is 2.58 bits per heavy atom. The van der Waals surface area contributed by atoms with E-state index in [-0.39, 0.29) is 6.42 Å². The van der Waals surface area contributed by atoms with Gasteiger partial charge in [0.05, 0.1) is 0 Å². The zero-order valence-corrected chi connectivity index (χ0v) is 6.95. The lowest BCUT2D eigenvalue weighted by atomic mass is 10.1. The molecule has 1 aromatic rings. The molecule has 1 atom stereocenters. The van der Waals surface area contributed by atoms with E-state index >= 15 is 0 Å². The molecule has 1 rings (SSSR count). The fourth-order valence-electron chi connectivity index (χ4n) is 0.778. The molecule has 1 aromatic heterocycles. The molecule has 0 saturated carbocycles. The number of nitrogens with two attached hydrogens (primary N) is 1. The van der Waals surface area contributed by atoms with Crippen LogP contribution in [0.1, 0.15) is 5.56 Å². The largest absolute Gasteiger partial charge is 0.403 e. The topological polar surface area (TPSA) is 26.0 Å². The van der Waals surface area contributed by atoms with Crippen LogP contribution in [0, 0.1) is 0 Å². The van der Waals surface area contributed by atoms with E-state index in [1.54, 1.807) is 16.8 Å². The summed E-state index contributed by atoms with van der Waals surface area (Å²) in [5.74, 6) is 0. The molecular formula is C7H8F3NS. The summed E-state index contributed by atoms with van der Waals surface area (Å²) in [6.45, 7) is 0. The van der Waals surface area contributed by atoms with E-state index in [1.807, 2.05) is 0 Å². The van der Waals surface area contributed by atoms with Crippen LogP contribution in [0.25, 0.3) is 0 Å². The van der Waals surface area contributed by atoms with Crippen molar-refractivity contribution in [2.75, 3.05) is 0 Å². The first-order valence-electron chi connectivity index (χ1n) is 3.33. The monoisotopic (exact) mass is 195 g/mol. The Hall–Kier alpha value is -0.550. The summed E-state index contributed by atoms with van der Waals surface area (Å²) in [6, 6.07) is -0.0944. The van der Waals surface area contributed by atoms with Crippen LogP contribution in [-0.4, -0.2) is 12.2 Å². The summed E-state index contributed by atoms with van der Waals surface area (Å²) in [7, 11) is 0. The molecular weight excluding hydrogens is 187 g/mol. The molecule has 68 valence electrons. The van der Waals surface area contributed by atoms with Crippen LogP contribution < -0.4 is 5.73 Å². The highest BCUT2D eigenvalue weighted by Crippen LogP contribution is 2.21. The van der Waals surface area contributed by atoms with Crippen LogP contribution in [0.2, 0.25) is 0 Å². The number of thiophene rings is 1. The summed E-state index contributed by atoms with van der Waals surface area (Å²) in [4.78, 5) is 0. The Balaban J connectivity index is 2.53. The van der Waals surface area contributed by atoms with E-state index in [1.165, 1.54) is 11.3 Å². The Bertz CT molecular complexity index is 229. The van der Waals surface area contributed by atoms with Gasteiger partial charge in [0, 0.05) is 0 Å². The first-order valence-corrected chi connectivity index (χ1v) is 4.28. The molecule has 2 N–H and O–H groups in total. The van der Waals surface area contributed by atoms with Crippen molar-refractivity contribution in [1.82, 2.24) is 0 Å². The highest BCUT2D eigenvalue weighted by atomic mass is 32.1. The highest BCUT2D eigenvalue weighted by Gasteiger charge is 2.36. The van der Waals surface area contributed by atoms with Crippen molar-refractivity contribution in [1.29, 1.82) is 0 Å². The molecule has 0 unspecified atom stereocenters. The van der Waals surface area contributed by atoms with E-state index in [9.17, 15) is 13.2 Å². The van der Waals surface area contributed by atoms with Crippen molar-refractivity contribution >= 4 is 11.3 Å². The van der Waals surface area contributed by atoms with Crippen molar-refractivity contribution in [3.8, 4) is 0 Å². The molecule has 0 spiro atoms. The van der Waals surface area contributed by atoms with Gasteiger partial charge in [0.1, 0.15) is 6.04 Å². The predicted molar refractivity (Wildman–Crippen MR) is 42.1 cm³/mol. The third kappa shape index (κ3) is 2.49. The van der Waals surface area contributed by atoms with E-state index in [2.05, 4.69) is 0 Å². The van der Waals surface area contributed by atoms with Crippen LogP contribution >= 0.6 is 11.3 Å². The molecule has 0 radical (unpaired) electrons. The Labute approximate surface area is 72.0 Å². The quantitative estimate of drug-likeness (QED) is 0.769. The molecule has 0 saturated heterocycles. The van der Waals surface area contributed by atoms with Crippen LogP contribution in [0.4, 0.5) is 13.2 Å². The second-order valence-electron chi connectivity index (χ2n) is 2.48. The smallest absolute Gasteiger partial charge is 0.320 e. The molecule has 0 fully saturated rings. The summed E-state index contributed by atoms with van der Waals surface area (Å²) in [6.07, 6.45) is -4.42. The zero-order chi connectivity index (χ0) is 9.19. The Kier molecular flexibility index (Phi) is 2.74. The molecule has 0 bridgehead atoms. The maximum atomic E-state index is 11.9. The van der Waals surface area contributed by atoms with Gasteiger partial charge in [-0.05, 0) is 28.8 Å². The SMILES string of the molecule is N[C@H](Cc1ccsc1)C(F)(F)F. The second-order valence-corrected chi connectivity index (χ2v) is 3.26. The number of hydrogen-bond acceptors (Lipinski definition) is 2. The Morgan fingerprint density at radius 1 is 1.50 bits per heavy atom. The van der Waals surface area contributed by atoms with Gasteiger partial charge in [0.15, 0.2) is 0 Å². The first-order chi connectivity index (χ1) is 5.50. The third-order valence-corrected chi connectivity index (χ3v) is 2.19. The highest BCUT2D eigenvalue weighted by molar-refractivity contribution is 7.07. The van der Waals surface area contributed by atoms with Crippen molar-refractivity contribution in [2.24, 2.45) is 5.73 Å². The lowest BCUT2D eigenvalue weighted by Crippen LogP contribution is -2.38. The summed E-state index contributed by atoms with van der Waals surface area (Å²) in [5.41, 5.74) is 5.56. The van der Waals surface area contributed by atoms with Crippen LogP contribution in [0.5, 0.6) is 0 Å². The van der Waals surface area contributed by atoms with Gasteiger partial charge in [-0.2, -0.15) is 24.5 Å². The molecule has 12 heavy (non-hydrogen) atoms. The minimum atomic E-state index is -4.29. The minimum Gasteiger partial charge on any atom is -0.320 e. The lowest BCUT2D eigenvalue weighted by molar-refractivity contribution is -0.147. The van der Waals surface area contributed by atoms with E-state index in [4.69, 9.17) is 5.73 Å². The van der Waals surface area contributed by atoms with E-state index < -0.39 is 12.2 Å². The number of alkyl halides is 3. The van der Waals surface area contributed by atoms with Crippen LogP contribution in [-0.2, 0) is 6.42 Å². The maximum Gasteiger partial charge on any atom is 0.403 e. The summed E-state index contributed by atoms with van der Waals surface area (Å²) in [5, 5.41) is 3.41. The normalized spacial score (nSPS) is 14.7. The van der Waals surface area contributed by atoms with Gasteiger partial charge in [0.2, 0.25) is 0 Å². The standard InChI is InChI=1S/C7H8F3NS/c8-7(9,10)6(11)3-5-1-2-12-4-5/h1-2,4,6H,3,11H2/t6-/m1/s1. The molecule has 1 nitrogen and oxygen atoms in total. The fourth-order valence-corrected chi connectivity index (χ4v) is 1.46. The van der Waals surface area contributed by atoms with E-state index in [0.29, 0.717) is 5.56 Å². The van der Waals surface area contributed by atoms with Crippen molar-refractivity contribution in [3.63, 3.8) is 0 Å². The molecule has 0 amide bonds. The first kappa shape index (κ1) is 9.54. The van der Waals surface area contributed by atoms with Gasteiger partial charge in [-0.1, -0.05) is 0 Å². The average Bonchev–Trinajstić information content (AvgIpc) is 2.37. The summed E-state index contributed by atoms with van der Waals surface area (Å²) >= 11 is 1.37. The molecule has 5 heteroatoms. The number of hydrogen-bond donors (Lipinski definition) is 1. The van der Waals surface area contributed by atoms with Gasteiger partial charge in [-0.15, -0.1) is 0 Å². The van der Waals surface area contributed by atoms with Gasteiger partial charge < -0.3 is 5.73 Å². The van der Waals surface area contributed by atoms with Crippen molar-refractivity contribution < 1.29 is 13.2 Å². The van der Waals surface area contributed by atoms with Gasteiger partial charge in [-0.3, -0.25) is 0 Å². The maximum absolute atomic E-state index is 11.9. The Morgan fingerprint density at radius 2 is 2.17 bits per heavy atom. The van der Waals surface area contributed by atoms with Crippen LogP contribution in [0.3, 0.4) is 0 Å².